The Kier molecular flexibility index (Phi) is 6.87. The van der Waals surface area contributed by atoms with Gasteiger partial charge in [-0.3, -0.25) is 4.31 Å². The van der Waals surface area contributed by atoms with Crippen molar-refractivity contribution in [2.75, 3.05) is 25.5 Å². The largest absolute Gasteiger partial charge is 0.495 e. The summed E-state index contributed by atoms with van der Waals surface area (Å²) in [5, 5.41) is 0. The second-order valence-corrected chi connectivity index (χ2v) is 11.1. The number of halogens is 1. The molecule has 0 unspecified atom stereocenters. The minimum Gasteiger partial charge on any atom is -0.495 e. The molecule has 0 aliphatic carbocycles. The van der Waals surface area contributed by atoms with Gasteiger partial charge in [-0.05, 0) is 54.1 Å². The number of nitrogens with zero attached hydrogens (tertiary/aromatic N) is 2. The Morgan fingerprint density at radius 3 is 2.09 bits per heavy atom. The van der Waals surface area contributed by atoms with Gasteiger partial charge in [-0.1, -0.05) is 24.3 Å². The summed E-state index contributed by atoms with van der Waals surface area (Å²) in [6.07, 6.45) is 0. The summed E-state index contributed by atoms with van der Waals surface area (Å²) < 4.78 is 73.1. The Hall–Kier alpha value is -2.95. The van der Waals surface area contributed by atoms with Crippen LogP contribution in [0, 0.1) is 5.82 Å². The summed E-state index contributed by atoms with van der Waals surface area (Å²) in [5.41, 5.74) is 0.713. The van der Waals surface area contributed by atoms with E-state index in [1.165, 1.54) is 45.5 Å². The highest BCUT2D eigenvalue weighted by atomic mass is 32.2. The van der Waals surface area contributed by atoms with Gasteiger partial charge in [0.2, 0.25) is 10.0 Å². The highest BCUT2D eigenvalue weighted by molar-refractivity contribution is 7.92. The van der Waals surface area contributed by atoms with E-state index < -0.39 is 25.9 Å². The number of methoxy groups -OCH3 is 1. The summed E-state index contributed by atoms with van der Waals surface area (Å²) >= 11 is 0. The van der Waals surface area contributed by atoms with Crippen LogP contribution in [-0.2, 0) is 26.6 Å². The number of ether oxygens (including phenoxy) is 1. The zero-order chi connectivity index (χ0) is 23.5. The van der Waals surface area contributed by atoms with Crippen molar-refractivity contribution < 1.29 is 26.0 Å². The van der Waals surface area contributed by atoms with Crippen molar-refractivity contribution in [3.05, 3.63) is 84.2 Å². The smallest absolute Gasteiger partial charge is 0.264 e. The third-order valence-electron chi connectivity index (χ3n) is 4.76. The first kappa shape index (κ1) is 23.7. The molecule has 0 saturated heterocycles. The number of para-hydroxylation sites is 2. The van der Waals surface area contributed by atoms with Crippen LogP contribution in [0.25, 0.3) is 0 Å². The lowest BCUT2D eigenvalue weighted by Gasteiger charge is -2.26. The van der Waals surface area contributed by atoms with Crippen LogP contribution in [0.3, 0.4) is 0 Å². The van der Waals surface area contributed by atoms with Crippen LogP contribution in [0.1, 0.15) is 5.56 Å². The topological polar surface area (TPSA) is 84.0 Å². The fourth-order valence-electron chi connectivity index (χ4n) is 3.05. The molecule has 0 aliphatic rings. The van der Waals surface area contributed by atoms with Crippen molar-refractivity contribution in [2.24, 2.45) is 0 Å². The summed E-state index contributed by atoms with van der Waals surface area (Å²) in [5.74, 6) is -0.246. The van der Waals surface area contributed by atoms with Crippen molar-refractivity contribution in [3.63, 3.8) is 0 Å². The monoisotopic (exact) mass is 478 g/mol. The Morgan fingerprint density at radius 1 is 0.812 bits per heavy atom. The first-order valence-electron chi connectivity index (χ1n) is 9.50. The van der Waals surface area contributed by atoms with Crippen molar-refractivity contribution in [2.45, 2.75) is 16.3 Å². The molecule has 0 radical (unpaired) electrons. The Labute approximate surface area is 187 Å². The summed E-state index contributed by atoms with van der Waals surface area (Å²) in [7, 11) is -3.59. The van der Waals surface area contributed by atoms with Gasteiger partial charge in [-0.15, -0.1) is 0 Å². The van der Waals surface area contributed by atoms with Gasteiger partial charge in [0.25, 0.3) is 10.0 Å². The molecule has 0 aromatic heterocycles. The van der Waals surface area contributed by atoms with E-state index >= 15 is 0 Å². The fraction of sp³-hybridized carbons (Fsp3) is 0.182. The maximum atomic E-state index is 13.5. The molecule has 0 saturated carbocycles. The molecule has 0 spiro atoms. The van der Waals surface area contributed by atoms with E-state index in [0.29, 0.717) is 11.3 Å². The zero-order valence-corrected chi connectivity index (χ0v) is 19.4. The van der Waals surface area contributed by atoms with Gasteiger partial charge in [0.15, 0.2) is 0 Å². The third kappa shape index (κ3) is 4.77. The second kappa shape index (κ2) is 9.27. The maximum Gasteiger partial charge on any atom is 0.264 e. The SMILES string of the molecule is COc1ccccc1N(Cc1cccc(S(=O)(=O)N(C)C)c1)S(=O)(=O)c1ccc(F)cc1. The molecule has 0 bridgehead atoms. The number of benzene rings is 3. The summed E-state index contributed by atoms with van der Waals surface area (Å²) in [6, 6.07) is 17.1. The molecule has 3 rings (SSSR count). The lowest BCUT2D eigenvalue weighted by atomic mass is 10.2. The standard InChI is InChI=1S/C22H23FN2O5S2/c1-24(2)31(26,27)20-8-6-7-17(15-20)16-25(21-9-4-5-10-22(21)30-3)32(28,29)19-13-11-18(23)12-14-19/h4-15H,16H2,1-3H3. The molecular formula is C22H23FN2O5S2. The highest BCUT2D eigenvalue weighted by Crippen LogP contribution is 2.34. The fourth-order valence-corrected chi connectivity index (χ4v) is 5.49. The molecule has 0 atom stereocenters. The first-order valence-corrected chi connectivity index (χ1v) is 12.4. The van der Waals surface area contributed by atoms with Crippen LogP contribution in [-0.4, -0.2) is 42.3 Å². The van der Waals surface area contributed by atoms with Gasteiger partial charge in [0.05, 0.1) is 29.1 Å². The summed E-state index contributed by atoms with van der Waals surface area (Å²) in [6.45, 7) is -0.170. The lowest BCUT2D eigenvalue weighted by Crippen LogP contribution is -2.31. The molecule has 3 aromatic rings. The molecule has 0 heterocycles. The first-order chi connectivity index (χ1) is 15.1. The molecule has 3 aromatic carbocycles. The number of hydrogen-bond acceptors (Lipinski definition) is 5. The van der Waals surface area contributed by atoms with Crippen LogP contribution >= 0.6 is 0 Å². The molecule has 170 valence electrons. The van der Waals surface area contributed by atoms with E-state index in [4.69, 9.17) is 4.74 Å². The van der Waals surface area contributed by atoms with E-state index in [1.807, 2.05) is 0 Å². The summed E-state index contributed by atoms with van der Waals surface area (Å²) in [4.78, 5) is -0.0685. The van der Waals surface area contributed by atoms with Crippen LogP contribution in [0.2, 0.25) is 0 Å². The van der Waals surface area contributed by atoms with Crippen LogP contribution in [0.5, 0.6) is 5.75 Å². The van der Waals surface area contributed by atoms with E-state index in [9.17, 15) is 21.2 Å². The van der Waals surface area contributed by atoms with Crippen molar-refractivity contribution in [1.29, 1.82) is 0 Å². The molecule has 10 heteroatoms. The van der Waals surface area contributed by atoms with Gasteiger partial charge >= 0.3 is 0 Å². The third-order valence-corrected chi connectivity index (χ3v) is 8.34. The molecule has 0 amide bonds. The van der Waals surface area contributed by atoms with E-state index in [-0.39, 0.29) is 22.0 Å². The number of anilines is 1. The number of rotatable bonds is 8. The number of hydrogen-bond donors (Lipinski definition) is 0. The van der Waals surface area contributed by atoms with Gasteiger partial charge < -0.3 is 4.74 Å². The average Bonchev–Trinajstić information content (AvgIpc) is 2.77. The van der Waals surface area contributed by atoms with E-state index in [2.05, 4.69) is 0 Å². The Morgan fingerprint density at radius 2 is 1.47 bits per heavy atom. The predicted molar refractivity (Wildman–Crippen MR) is 120 cm³/mol. The molecule has 32 heavy (non-hydrogen) atoms. The quantitative estimate of drug-likeness (QED) is 0.495. The van der Waals surface area contributed by atoms with Gasteiger partial charge in [-0.2, -0.15) is 0 Å². The molecule has 0 fully saturated rings. The lowest BCUT2D eigenvalue weighted by molar-refractivity contribution is 0.415. The molecular weight excluding hydrogens is 455 g/mol. The minimum absolute atomic E-state index is 0.0409. The minimum atomic E-state index is -4.14. The normalized spacial score (nSPS) is 12.0. The van der Waals surface area contributed by atoms with Crippen molar-refractivity contribution in [1.82, 2.24) is 4.31 Å². The maximum absolute atomic E-state index is 13.5. The van der Waals surface area contributed by atoms with E-state index in [0.717, 1.165) is 20.7 Å². The Balaban J connectivity index is 2.14. The average molecular weight is 479 g/mol. The zero-order valence-electron chi connectivity index (χ0n) is 17.8. The van der Waals surface area contributed by atoms with Crippen molar-refractivity contribution in [3.8, 4) is 5.75 Å². The van der Waals surface area contributed by atoms with Crippen LogP contribution < -0.4 is 9.04 Å². The Bertz CT molecular complexity index is 1310. The molecule has 0 aliphatic heterocycles. The predicted octanol–water partition coefficient (Wildman–Crippen LogP) is 3.48. The molecule has 0 N–H and O–H groups in total. The van der Waals surface area contributed by atoms with Gasteiger partial charge in [0.1, 0.15) is 11.6 Å². The molecule has 7 nitrogen and oxygen atoms in total. The highest BCUT2D eigenvalue weighted by Gasteiger charge is 2.28. The van der Waals surface area contributed by atoms with Crippen molar-refractivity contribution >= 4 is 25.7 Å². The number of sulfonamides is 2. The van der Waals surface area contributed by atoms with Gasteiger partial charge in [-0.25, -0.2) is 25.5 Å². The van der Waals surface area contributed by atoms with E-state index in [1.54, 1.807) is 36.4 Å². The second-order valence-electron chi connectivity index (χ2n) is 7.07. The van der Waals surface area contributed by atoms with Crippen LogP contribution in [0.15, 0.2) is 82.6 Å². The van der Waals surface area contributed by atoms with Crippen LogP contribution in [0.4, 0.5) is 10.1 Å². The van der Waals surface area contributed by atoms with Gasteiger partial charge in [0, 0.05) is 14.1 Å².